The van der Waals surface area contributed by atoms with E-state index in [2.05, 4.69) is 42.0 Å². The number of methoxy groups -OCH3 is 1. The summed E-state index contributed by atoms with van der Waals surface area (Å²) in [6.07, 6.45) is 3.79. The zero-order chi connectivity index (χ0) is 40.7. The van der Waals surface area contributed by atoms with Crippen molar-refractivity contribution in [3.05, 3.63) is 109 Å². The number of pyridine rings is 1. The molecule has 3 heterocycles. The number of hydrogen-bond acceptors (Lipinski definition) is 10. The van der Waals surface area contributed by atoms with E-state index in [1.807, 2.05) is 38.1 Å². The summed E-state index contributed by atoms with van der Waals surface area (Å²) >= 11 is 9.45. The second kappa shape index (κ2) is 17.9. The van der Waals surface area contributed by atoms with Gasteiger partial charge >= 0.3 is 6.16 Å². The van der Waals surface area contributed by atoms with E-state index < -0.39 is 23.5 Å². The molecule has 56 heavy (non-hydrogen) atoms. The van der Waals surface area contributed by atoms with E-state index in [-0.39, 0.29) is 35.7 Å². The minimum absolute atomic E-state index is 0.154. The van der Waals surface area contributed by atoms with Gasteiger partial charge in [0.05, 0.1) is 51.7 Å². The summed E-state index contributed by atoms with van der Waals surface area (Å²) in [6.45, 7) is 7.56. The Hall–Kier alpha value is -5.56. The lowest BCUT2D eigenvalue weighted by Crippen LogP contribution is -2.49. The summed E-state index contributed by atoms with van der Waals surface area (Å²) in [4.78, 5) is 54.6. The molecule has 6 rings (SSSR count). The van der Waals surface area contributed by atoms with Gasteiger partial charge < -0.3 is 30.2 Å². The number of nitrogens with zero attached hydrogens (tertiary/aromatic N) is 4. The van der Waals surface area contributed by atoms with Gasteiger partial charge in [-0.25, -0.2) is 14.5 Å². The zero-order valence-electron chi connectivity index (χ0n) is 31.7. The number of nitrogens with one attached hydrogen (secondary N) is 3. The molecule has 3 N–H and O–H groups in total. The SMILES string of the molecule is CCOC(=O)OC1=C(c2cc(C)ccc2C)C(=O)NC12CCC(OC)CC2.CNC(=O)c1cc(C#N)cc(C)c1NC(=O)c1cc(Br)nn1-c1ncccc1Cl. The number of halogens is 2. The highest BCUT2D eigenvalue weighted by Crippen LogP contribution is 2.44. The molecule has 4 aromatic rings. The van der Waals surface area contributed by atoms with Crippen LogP contribution >= 0.6 is 27.5 Å². The van der Waals surface area contributed by atoms with E-state index in [1.165, 1.54) is 30.1 Å². The Morgan fingerprint density at radius 1 is 1.09 bits per heavy atom. The normalized spacial score (nSPS) is 17.3. The van der Waals surface area contributed by atoms with Crippen molar-refractivity contribution in [2.45, 2.75) is 65.0 Å². The molecule has 0 saturated heterocycles. The Balaban J connectivity index is 0.000000215. The summed E-state index contributed by atoms with van der Waals surface area (Å²) < 4.78 is 17.8. The quantitative estimate of drug-likeness (QED) is 0.154. The van der Waals surface area contributed by atoms with Gasteiger partial charge in [0.2, 0.25) is 0 Å². The topological polar surface area (TPSA) is 187 Å². The molecular formula is C40H41BrClN7O7. The number of carbonyl (C=O) groups excluding carboxylic acids is 4. The number of rotatable bonds is 8. The summed E-state index contributed by atoms with van der Waals surface area (Å²) in [5, 5.41) is 22.1. The molecule has 2 aromatic heterocycles. The fourth-order valence-electron chi connectivity index (χ4n) is 6.70. The van der Waals surface area contributed by atoms with Gasteiger partial charge in [0.25, 0.3) is 17.7 Å². The number of amides is 3. The second-order valence-corrected chi connectivity index (χ2v) is 14.4. The van der Waals surface area contributed by atoms with Crippen molar-refractivity contribution in [2.24, 2.45) is 0 Å². The minimum atomic E-state index is -0.778. The van der Waals surface area contributed by atoms with Crippen molar-refractivity contribution in [1.29, 1.82) is 5.26 Å². The predicted octanol–water partition coefficient (Wildman–Crippen LogP) is 7.12. The van der Waals surface area contributed by atoms with Crippen LogP contribution in [0.2, 0.25) is 5.02 Å². The molecule has 1 aliphatic carbocycles. The maximum atomic E-state index is 13.0. The van der Waals surface area contributed by atoms with E-state index in [4.69, 9.17) is 25.8 Å². The Labute approximate surface area is 337 Å². The maximum absolute atomic E-state index is 13.0. The van der Waals surface area contributed by atoms with Crippen LogP contribution < -0.4 is 16.0 Å². The van der Waals surface area contributed by atoms with Gasteiger partial charge in [-0.3, -0.25) is 14.4 Å². The van der Waals surface area contributed by atoms with Crippen molar-refractivity contribution >= 4 is 62.7 Å². The van der Waals surface area contributed by atoms with Crippen LogP contribution in [0.15, 0.2) is 65.1 Å². The lowest BCUT2D eigenvalue weighted by atomic mass is 9.79. The number of carbonyl (C=O) groups is 4. The summed E-state index contributed by atoms with van der Waals surface area (Å²) in [5.74, 6) is -0.494. The molecule has 0 bridgehead atoms. The van der Waals surface area contributed by atoms with E-state index in [0.717, 1.165) is 29.5 Å². The lowest BCUT2D eigenvalue weighted by Gasteiger charge is -2.37. The molecule has 1 spiro atoms. The average molecular weight is 847 g/mol. The van der Waals surface area contributed by atoms with Gasteiger partial charge in [0.1, 0.15) is 16.1 Å². The number of hydrogen-bond donors (Lipinski definition) is 3. The van der Waals surface area contributed by atoms with Gasteiger partial charge in [0.15, 0.2) is 5.82 Å². The van der Waals surface area contributed by atoms with Gasteiger partial charge in [-0.15, -0.1) is 0 Å². The third-order valence-corrected chi connectivity index (χ3v) is 10.2. The number of aromatic nitrogens is 3. The largest absolute Gasteiger partial charge is 0.513 e. The molecule has 0 unspecified atom stereocenters. The Morgan fingerprint density at radius 2 is 1.82 bits per heavy atom. The smallest absolute Gasteiger partial charge is 0.434 e. The first kappa shape index (κ1) is 41.6. The maximum Gasteiger partial charge on any atom is 0.513 e. The monoisotopic (exact) mass is 845 g/mol. The number of ether oxygens (including phenoxy) is 3. The van der Waals surface area contributed by atoms with Gasteiger partial charge in [-0.05, 0) is 110 Å². The van der Waals surface area contributed by atoms with Gasteiger partial charge in [-0.1, -0.05) is 35.4 Å². The van der Waals surface area contributed by atoms with Gasteiger partial charge in [-0.2, -0.15) is 10.4 Å². The molecule has 0 radical (unpaired) electrons. The summed E-state index contributed by atoms with van der Waals surface area (Å²) in [7, 11) is 3.17. The van der Waals surface area contributed by atoms with Crippen LogP contribution in [0, 0.1) is 32.1 Å². The third kappa shape index (κ3) is 8.94. The summed E-state index contributed by atoms with van der Waals surface area (Å²) in [6, 6.07) is 15.8. The predicted molar refractivity (Wildman–Crippen MR) is 212 cm³/mol. The molecule has 0 atom stereocenters. The molecule has 1 saturated carbocycles. The Morgan fingerprint density at radius 3 is 2.46 bits per heavy atom. The fourth-order valence-corrected chi connectivity index (χ4v) is 7.27. The Kier molecular flexibility index (Phi) is 13.3. The summed E-state index contributed by atoms with van der Waals surface area (Å²) in [5.41, 5.74) is 4.03. The van der Waals surface area contributed by atoms with Crippen LogP contribution in [0.4, 0.5) is 10.5 Å². The average Bonchev–Trinajstić information content (AvgIpc) is 3.69. The molecule has 1 aliphatic heterocycles. The highest BCUT2D eigenvalue weighted by molar-refractivity contribution is 9.10. The molecule has 2 aliphatic rings. The zero-order valence-corrected chi connectivity index (χ0v) is 34.1. The van der Waals surface area contributed by atoms with Crippen LogP contribution in [-0.4, -0.2) is 71.0 Å². The number of aryl methyl sites for hydroxylation is 3. The number of benzene rings is 2. The van der Waals surface area contributed by atoms with Crippen LogP contribution in [0.1, 0.15) is 81.3 Å². The lowest BCUT2D eigenvalue weighted by molar-refractivity contribution is -0.116. The van der Waals surface area contributed by atoms with E-state index in [1.54, 1.807) is 39.2 Å². The molecule has 1 fully saturated rings. The number of nitriles is 1. The standard InChI is InChI=1S/C21H27NO5.C19H14BrClN6O2/c1-5-26-20(24)27-18-17(16-12-13(2)6-7-14(16)3)19(23)22-21(18)10-8-15(25-4)9-11-21;1-10-6-11(9-22)7-12(18(28)23-2)16(10)25-19(29)14-8-15(20)26-27(14)17-13(21)4-3-5-24-17/h6-7,12,15H,5,8-11H2,1-4H3,(H,22,23);3-8H,1-2H3,(H,23,28)(H,25,29). The molecule has 16 heteroatoms. The highest BCUT2D eigenvalue weighted by atomic mass is 79.9. The van der Waals surface area contributed by atoms with Gasteiger partial charge in [0, 0.05) is 26.4 Å². The fraction of sp³-hybridized carbons (Fsp3) is 0.325. The highest BCUT2D eigenvalue weighted by Gasteiger charge is 2.50. The Bertz CT molecular complexity index is 2260. The first-order chi connectivity index (χ1) is 26.7. The van der Waals surface area contributed by atoms with Crippen molar-refractivity contribution in [1.82, 2.24) is 25.4 Å². The van der Waals surface area contributed by atoms with Crippen molar-refractivity contribution in [3.8, 4) is 11.9 Å². The molecule has 14 nitrogen and oxygen atoms in total. The van der Waals surface area contributed by atoms with Crippen LogP contribution in [0.3, 0.4) is 0 Å². The van der Waals surface area contributed by atoms with E-state index >= 15 is 0 Å². The first-order valence-corrected chi connectivity index (χ1v) is 18.9. The van der Waals surface area contributed by atoms with E-state index in [9.17, 15) is 24.4 Å². The first-order valence-electron chi connectivity index (χ1n) is 17.7. The van der Waals surface area contributed by atoms with Crippen molar-refractivity contribution in [3.63, 3.8) is 0 Å². The number of anilines is 1. The molecular weight excluding hydrogens is 806 g/mol. The molecule has 292 valence electrons. The van der Waals surface area contributed by atoms with Crippen molar-refractivity contribution < 1.29 is 33.4 Å². The second-order valence-electron chi connectivity index (χ2n) is 13.2. The van der Waals surface area contributed by atoms with Crippen molar-refractivity contribution in [2.75, 3.05) is 26.1 Å². The molecule has 2 aromatic carbocycles. The minimum Gasteiger partial charge on any atom is -0.434 e. The molecule has 3 amide bonds. The van der Waals surface area contributed by atoms with Crippen LogP contribution in [0.25, 0.3) is 11.4 Å². The van der Waals surface area contributed by atoms with E-state index in [0.29, 0.717) is 50.6 Å². The third-order valence-electron chi connectivity index (χ3n) is 9.50. The van der Waals surface area contributed by atoms with Crippen LogP contribution in [-0.2, 0) is 19.0 Å². The van der Waals surface area contributed by atoms with Crippen LogP contribution in [0.5, 0.6) is 0 Å².